The third-order valence-corrected chi connectivity index (χ3v) is 2.43. The van der Waals surface area contributed by atoms with E-state index in [0.29, 0.717) is 5.88 Å². The van der Waals surface area contributed by atoms with Crippen LogP contribution in [-0.2, 0) is 0 Å². The molecule has 1 aromatic heterocycles. The molecule has 5 nitrogen and oxygen atoms in total. The summed E-state index contributed by atoms with van der Waals surface area (Å²) in [5.74, 6) is 1.41. The van der Waals surface area contributed by atoms with Crippen molar-refractivity contribution in [2.24, 2.45) is 0 Å². The van der Waals surface area contributed by atoms with Gasteiger partial charge in [-0.25, -0.2) is 4.98 Å². The summed E-state index contributed by atoms with van der Waals surface area (Å²) in [5.41, 5.74) is 0.940. The first-order chi connectivity index (χ1) is 7.29. The largest absolute Gasteiger partial charge is 0.481 e. The molecule has 2 rings (SSSR count). The highest BCUT2D eigenvalue weighted by Crippen LogP contribution is 2.15. The zero-order chi connectivity index (χ0) is 10.7. The van der Waals surface area contributed by atoms with Crippen molar-refractivity contribution >= 4 is 18.4 Å². The number of ether oxygens (including phenoxy) is 1. The van der Waals surface area contributed by atoms with E-state index in [2.05, 4.69) is 20.2 Å². The molecule has 0 amide bonds. The fraction of sp³-hybridized carbons (Fsp3) is 0.600. The minimum Gasteiger partial charge on any atom is -0.481 e. The lowest BCUT2D eigenvalue weighted by Gasteiger charge is -2.27. The quantitative estimate of drug-likeness (QED) is 0.827. The van der Waals surface area contributed by atoms with Gasteiger partial charge in [0.15, 0.2) is 0 Å². The van der Waals surface area contributed by atoms with Gasteiger partial charge in [-0.3, -0.25) is 0 Å². The fourth-order valence-corrected chi connectivity index (χ4v) is 1.64. The maximum absolute atomic E-state index is 5.13. The van der Waals surface area contributed by atoms with Gasteiger partial charge in [0.05, 0.1) is 7.11 Å². The van der Waals surface area contributed by atoms with Crippen LogP contribution in [0.5, 0.6) is 5.88 Å². The van der Waals surface area contributed by atoms with E-state index in [-0.39, 0.29) is 12.4 Å². The van der Waals surface area contributed by atoms with Crippen molar-refractivity contribution in [1.29, 1.82) is 0 Å². The number of piperazine rings is 1. The van der Waals surface area contributed by atoms with E-state index in [9.17, 15) is 0 Å². The summed E-state index contributed by atoms with van der Waals surface area (Å²) >= 11 is 0. The van der Waals surface area contributed by atoms with Gasteiger partial charge < -0.3 is 15.0 Å². The Labute approximate surface area is 102 Å². The number of anilines is 1. The standard InChI is InChI=1S/C10H16N4O.ClH/c1-8-7-9(15-2)13-10(12-8)14-5-3-11-4-6-14;/h7,11H,3-6H2,1-2H3;1H. The molecule has 0 radical (unpaired) electrons. The summed E-state index contributed by atoms with van der Waals surface area (Å²) in [4.78, 5) is 10.9. The van der Waals surface area contributed by atoms with Gasteiger partial charge in [-0.1, -0.05) is 0 Å². The van der Waals surface area contributed by atoms with Gasteiger partial charge in [-0.15, -0.1) is 12.4 Å². The van der Waals surface area contributed by atoms with E-state index in [1.165, 1.54) is 0 Å². The van der Waals surface area contributed by atoms with Crippen molar-refractivity contribution in [2.75, 3.05) is 38.2 Å². The Morgan fingerprint density at radius 3 is 2.62 bits per heavy atom. The zero-order valence-corrected chi connectivity index (χ0v) is 10.4. The first kappa shape index (κ1) is 13.0. The highest BCUT2D eigenvalue weighted by atomic mass is 35.5. The molecule has 0 spiro atoms. The lowest BCUT2D eigenvalue weighted by molar-refractivity contribution is 0.395. The average molecular weight is 245 g/mol. The minimum atomic E-state index is 0. The second kappa shape index (κ2) is 5.86. The van der Waals surface area contributed by atoms with Crippen molar-refractivity contribution < 1.29 is 4.74 Å². The lowest BCUT2D eigenvalue weighted by Crippen LogP contribution is -2.44. The predicted molar refractivity (Wildman–Crippen MR) is 65.7 cm³/mol. The monoisotopic (exact) mass is 244 g/mol. The van der Waals surface area contributed by atoms with Gasteiger partial charge in [-0.05, 0) is 6.92 Å². The van der Waals surface area contributed by atoms with E-state index in [1.54, 1.807) is 7.11 Å². The number of methoxy groups -OCH3 is 1. The fourth-order valence-electron chi connectivity index (χ4n) is 1.64. The highest BCUT2D eigenvalue weighted by Gasteiger charge is 2.14. The Bertz CT molecular complexity index is 342. The number of halogens is 1. The molecule has 1 aromatic rings. The molecular weight excluding hydrogens is 228 g/mol. The van der Waals surface area contributed by atoms with E-state index < -0.39 is 0 Å². The third-order valence-electron chi connectivity index (χ3n) is 2.43. The Kier molecular flexibility index (Phi) is 4.76. The molecule has 6 heteroatoms. The van der Waals surface area contributed by atoms with Gasteiger partial charge in [0.1, 0.15) is 0 Å². The van der Waals surface area contributed by atoms with E-state index in [1.807, 2.05) is 13.0 Å². The molecule has 1 aliphatic rings. The Hall–Kier alpha value is -1.07. The molecule has 0 bridgehead atoms. The minimum absolute atomic E-state index is 0. The van der Waals surface area contributed by atoms with Crippen molar-refractivity contribution in [1.82, 2.24) is 15.3 Å². The van der Waals surface area contributed by atoms with Crippen LogP contribution in [0.2, 0.25) is 0 Å². The molecule has 1 saturated heterocycles. The van der Waals surface area contributed by atoms with Gasteiger partial charge in [-0.2, -0.15) is 4.98 Å². The summed E-state index contributed by atoms with van der Waals surface area (Å²) in [7, 11) is 1.63. The molecular formula is C10H17ClN4O. The number of rotatable bonds is 2. The molecule has 1 aliphatic heterocycles. The first-order valence-electron chi connectivity index (χ1n) is 5.15. The van der Waals surface area contributed by atoms with Crippen LogP contribution < -0.4 is 15.0 Å². The summed E-state index contributed by atoms with van der Waals surface area (Å²) in [6, 6.07) is 1.84. The highest BCUT2D eigenvalue weighted by molar-refractivity contribution is 5.85. The predicted octanol–water partition coefficient (Wildman–Crippen LogP) is 0.625. The maximum Gasteiger partial charge on any atom is 0.228 e. The topological polar surface area (TPSA) is 50.3 Å². The molecule has 1 fully saturated rings. The van der Waals surface area contributed by atoms with Crippen LogP contribution in [0.3, 0.4) is 0 Å². The normalized spacial score (nSPS) is 15.5. The molecule has 2 heterocycles. The van der Waals surface area contributed by atoms with Gasteiger partial charge in [0.25, 0.3) is 0 Å². The van der Waals surface area contributed by atoms with Crippen LogP contribution in [0.25, 0.3) is 0 Å². The van der Waals surface area contributed by atoms with E-state index >= 15 is 0 Å². The lowest BCUT2D eigenvalue weighted by atomic mass is 10.4. The Balaban J connectivity index is 0.00000128. The Morgan fingerprint density at radius 1 is 1.31 bits per heavy atom. The number of nitrogens with one attached hydrogen (secondary N) is 1. The molecule has 0 unspecified atom stereocenters. The van der Waals surface area contributed by atoms with E-state index in [0.717, 1.165) is 37.8 Å². The third kappa shape index (κ3) is 2.96. The number of nitrogens with zero attached hydrogens (tertiary/aromatic N) is 3. The summed E-state index contributed by atoms with van der Waals surface area (Å²) in [5, 5.41) is 3.30. The smallest absolute Gasteiger partial charge is 0.228 e. The van der Waals surface area contributed by atoms with E-state index in [4.69, 9.17) is 4.74 Å². The number of aromatic nitrogens is 2. The summed E-state index contributed by atoms with van der Waals surface area (Å²) < 4.78 is 5.13. The maximum atomic E-state index is 5.13. The molecule has 16 heavy (non-hydrogen) atoms. The second-order valence-electron chi connectivity index (χ2n) is 3.59. The molecule has 0 atom stereocenters. The van der Waals surface area contributed by atoms with Crippen molar-refractivity contribution in [3.8, 4) is 5.88 Å². The second-order valence-corrected chi connectivity index (χ2v) is 3.59. The number of hydrogen-bond donors (Lipinski definition) is 1. The van der Waals surface area contributed by atoms with Gasteiger partial charge in [0, 0.05) is 37.9 Å². The zero-order valence-electron chi connectivity index (χ0n) is 9.56. The van der Waals surface area contributed by atoms with Crippen LogP contribution in [-0.4, -0.2) is 43.3 Å². The van der Waals surface area contributed by atoms with Crippen molar-refractivity contribution in [2.45, 2.75) is 6.92 Å². The van der Waals surface area contributed by atoms with Crippen molar-refractivity contribution in [3.63, 3.8) is 0 Å². The first-order valence-corrected chi connectivity index (χ1v) is 5.15. The molecule has 1 N–H and O–H groups in total. The molecule has 0 aromatic carbocycles. The summed E-state index contributed by atoms with van der Waals surface area (Å²) in [6.07, 6.45) is 0. The molecule has 0 saturated carbocycles. The molecule has 90 valence electrons. The van der Waals surface area contributed by atoms with Crippen LogP contribution >= 0.6 is 12.4 Å². The number of hydrogen-bond acceptors (Lipinski definition) is 5. The van der Waals surface area contributed by atoms with Crippen LogP contribution in [0, 0.1) is 6.92 Å². The van der Waals surface area contributed by atoms with Crippen LogP contribution in [0.4, 0.5) is 5.95 Å². The average Bonchev–Trinajstić information content (AvgIpc) is 2.29. The van der Waals surface area contributed by atoms with Crippen molar-refractivity contribution in [3.05, 3.63) is 11.8 Å². The van der Waals surface area contributed by atoms with Gasteiger partial charge in [0.2, 0.25) is 11.8 Å². The number of aryl methyl sites for hydroxylation is 1. The molecule has 0 aliphatic carbocycles. The van der Waals surface area contributed by atoms with Gasteiger partial charge >= 0.3 is 0 Å². The van der Waals surface area contributed by atoms with Crippen LogP contribution in [0.1, 0.15) is 5.69 Å². The Morgan fingerprint density at radius 2 is 2.00 bits per heavy atom. The SMILES string of the molecule is COc1cc(C)nc(N2CCNCC2)n1.Cl. The summed E-state index contributed by atoms with van der Waals surface area (Å²) in [6.45, 7) is 5.83. The van der Waals surface area contributed by atoms with Crippen LogP contribution in [0.15, 0.2) is 6.07 Å².